The normalized spacial score (nSPS) is 10.2. The Hall–Kier alpha value is -3.64. The van der Waals surface area contributed by atoms with Gasteiger partial charge in [-0.15, -0.1) is 11.8 Å². The number of benzene rings is 2. The maximum atomic E-state index is 12.1. The smallest absolute Gasteiger partial charge is 0.234 e. The lowest BCUT2D eigenvalue weighted by molar-refractivity contribution is -0.113. The molecule has 2 aromatic carbocycles. The van der Waals surface area contributed by atoms with E-state index in [0.29, 0.717) is 28.8 Å². The number of nitrogens with two attached hydrogens (primary N) is 1. The number of rotatable bonds is 7. The minimum atomic E-state index is -0.176. The van der Waals surface area contributed by atoms with E-state index in [0.717, 1.165) is 11.3 Å². The molecular weight excluding hydrogens is 386 g/mol. The molecule has 4 N–H and O–H groups in total. The van der Waals surface area contributed by atoms with Crippen LogP contribution in [-0.2, 0) is 10.5 Å². The third-order valence-corrected chi connectivity index (χ3v) is 4.68. The summed E-state index contributed by atoms with van der Waals surface area (Å²) in [6.45, 7) is 2.01. The van der Waals surface area contributed by atoms with Gasteiger partial charge in [0.05, 0.1) is 23.1 Å². The van der Waals surface area contributed by atoms with Gasteiger partial charge in [-0.25, -0.2) is 0 Å². The molecule has 0 saturated heterocycles. The van der Waals surface area contributed by atoms with Gasteiger partial charge in [0.25, 0.3) is 0 Å². The first-order valence-electron chi connectivity index (χ1n) is 8.74. The number of aromatic nitrogens is 3. The molecule has 0 atom stereocenters. The molecule has 0 aliphatic rings. The summed E-state index contributed by atoms with van der Waals surface area (Å²) in [5, 5.41) is 14.8. The zero-order chi connectivity index (χ0) is 20.6. The Kier molecular flexibility index (Phi) is 6.60. The van der Waals surface area contributed by atoms with Crippen LogP contribution in [0.5, 0.6) is 0 Å². The van der Waals surface area contributed by atoms with Crippen LogP contribution in [-0.4, -0.2) is 26.6 Å². The minimum absolute atomic E-state index is 0.114. The molecule has 8 nitrogen and oxygen atoms in total. The number of amides is 1. The monoisotopic (exact) mass is 405 g/mol. The van der Waals surface area contributed by atoms with Gasteiger partial charge in [-0.3, -0.25) is 4.79 Å². The van der Waals surface area contributed by atoms with E-state index in [-0.39, 0.29) is 17.6 Å². The molecule has 3 rings (SSSR count). The molecule has 0 spiro atoms. The van der Waals surface area contributed by atoms with Crippen LogP contribution in [0.3, 0.4) is 0 Å². The molecule has 0 fully saturated rings. The summed E-state index contributed by atoms with van der Waals surface area (Å²) in [6.07, 6.45) is 0. The number of nitrogens with zero attached hydrogens (tertiary/aromatic N) is 4. The second-order valence-electron chi connectivity index (χ2n) is 6.16. The summed E-state index contributed by atoms with van der Waals surface area (Å²) in [4.78, 5) is 24.7. The number of nitrogen functional groups attached to an aromatic ring is 1. The predicted octanol–water partition coefficient (Wildman–Crippen LogP) is 3.25. The van der Waals surface area contributed by atoms with Gasteiger partial charge in [-0.1, -0.05) is 23.8 Å². The summed E-state index contributed by atoms with van der Waals surface area (Å²) in [6, 6.07) is 16.6. The lowest BCUT2D eigenvalue weighted by Crippen LogP contribution is -2.14. The van der Waals surface area contributed by atoms with Crippen molar-refractivity contribution in [2.75, 3.05) is 22.1 Å². The van der Waals surface area contributed by atoms with E-state index in [9.17, 15) is 4.79 Å². The van der Waals surface area contributed by atoms with Gasteiger partial charge in [0, 0.05) is 11.4 Å². The topological polar surface area (TPSA) is 130 Å². The van der Waals surface area contributed by atoms with Crippen molar-refractivity contribution in [2.45, 2.75) is 12.7 Å². The van der Waals surface area contributed by atoms with Crippen LogP contribution in [0.2, 0.25) is 0 Å². The number of carbonyl (C=O) groups is 1. The van der Waals surface area contributed by atoms with Crippen molar-refractivity contribution < 1.29 is 4.79 Å². The SMILES string of the molecule is Cc1ccc(Nc2nc(N)nc(CSCC(=O)Nc3cccc(C#N)c3)n2)cc1. The van der Waals surface area contributed by atoms with Crippen LogP contribution in [0.25, 0.3) is 0 Å². The molecule has 1 heterocycles. The zero-order valence-electron chi connectivity index (χ0n) is 15.7. The standard InChI is InChI=1S/C20H19N7OS/c1-13-5-7-15(8-6-13)24-20-26-17(25-19(22)27-20)11-29-12-18(28)23-16-4-2-3-14(9-16)10-21/h2-9H,11-12H2,1H3,(H,23,28)(H3,22,24,25,26,27). The molecule has 0 saturated carbocycles. The fraction of sp³-hybridized carbons (Fsp3) is 0.150. The summed E-state index contributed by atoms with van der Waals surface area (Å²) >= 11 is 1.36. The Balaban J connectivity index is 1.54. The maximum absolute atomic E-state index is 12.1. The second-order valence-corrected chi connectivity index (χ2v) is 7.14. The van der Waals surface area contributed by atoms with E-state index in [2.05, 4.69) is 25.6 Å². The number of aryl methyl sites for hydroxylation is 1. The number of nitriles is 1. The molecule has 29 heavy (non-hydrogen) atoms. The van der Waals surface area contributed by atoms with Crippen LogP contribution in [0.1, 0.15) is 17.0 Å². The number of hydrogen-bond acceptors (Lipinski definition) is 8. The van der Waals surface area contributed by atoms with Crippen molar-refractivity contribution >= 4 is 40.9 Å². The largest absolute Gasteiger partial charge is 0.368 e. The minimum Gasteiger partial charge on any atom is -0.368 e. The van der Waals surface area contributed by atoms with Crippen molar-refractivity contribution in [3.05, 3.63) is 65.5 Å². The van der Waals surface area contributed by atoms with Gasteiger partial charge in [0.1, 0.15) is 5.82 Å². The summed E-state index contributed by atoms with van der Waals surface area (Å²) in [7, 11) is 0. The first-order chi connectivity index (χ1) is 14.0. The summed E-state index contributed by atoms with van der Waals surface area (Å²) in [5.41, 5.74) is 8.86. The lowest BCUT2D eigenvalue weighted by atomic mass is 10.2. The molecule has 3 aromatic rings. The van der Waals surface area contributed by atoms with E-state index in [1.807, 2.05) is 37.3 Å². The molecule has 9 heteroatoms. The fourth-order valence-electron chi connectivity index (χ4n) is 2.42. The third-order valence-electron chi connectivity index (χ3n) is 3.75. The highest BCUT2D eigenvalue weighted by molar-refractivity contribution is 7.99. The quantitative estimate of drug-likeness (QED) is 0.546. The average molecular weight is 405 g/mol. The van der Waals surface area contributed by atoms with Crippen molar-refractivity contribution in [3.8, 4) is 6.07 Å². The maximum Gasteiger partial charge on any atom is 0.234 e. The summed E-state index contributed by atoms with van der Waals surface area (Å²) in [5.74, 6) is 1.39. The Labute approximate surface area is 172 Å². The van der Waals surface area contributed by atoms with Crippen LogP contribution in [0.4, 0.5) is 23.3 Å². The Morgan fingerprint density at radius 2 is 1.93 bits per heavy atom. The van der Waals surface area contributed by atoms with Gasteiger partial charge in [-0.2, -0.15) is 20.2 Å². The first-order valence-corrected chi connectivity index (χ1v) is 9.89. The molecule has 0 aliphatic carbocycles. The first kappa shape index (κ1) is 20.1. The van der Waals surface area contributed by atoms with E-state index < -0.39 is 0 Å². The fourth-order valence-corrected chi connectivity index (χ4v) is 3.09. The number of thioether (sulfide) groups is 1. The molecule has 0 unspecified atom stereocenters. The van der Waals surface area contributed by atoms with Crippen molar-refractivity contribution in [1.82, 2.24) is 15.0 Å². The summed E-state index contributed by atoms with van der Waals surface area (Å²) < 4.78 is 0. The van der Waals surface area contributed by atoms with E-state index in [4.69, 9.17) is 11.0 Å². The average Bonchev–Trinajstić information content (AvgIpc) is 2.69. The van der Waals surface area contributed by atoms with Crippen LogP contribution < -0.4 is 16.4 Å². The van der Waals surface area contributed by atoms with E-state index in [1.54, 1.807) is 24.3 Å². The zero-order valence-corrected chi connectivity index (χ0v) is 16.5. The number of anilines is 4. The highest BCUT2D eigenvalue weighted by atomic mass is 32.2. The van der Waals surface area contributed by atoms with Crippen LogP contribution in [0.15, 0.2) is 48.5 Å². The predicted molar refractivity (Wildman–Crippen MR) is 115 cm³/mol. The van der Waals surface area contributed by atoms with E-state index in [1.165, 1.54) is 11.8 Å². The third kappa shape index (κ3) is 6.19. The highest BCUT2D eigenvalue weighted by Crippen LogP contribution is 2.17. The van der Waals surface area contributed by atoms with Gasteiger partial charge < -0.3 is 16.4 Å². The van der Waals surface area contributed by atoms with Crippen molar-refractivity contribution in [2.24, 2.45) is 0 Å². The molecule has 0 radical (unpaired) electrons. The highest BCUT2D eigenvalue weighted by Gasteiger charge is 2.08. The Morgan fingerprint density at radius 3 is 2.69 bits per heavy atom. The number of nitrogens with one attached hydrogen (secondary N) is 2. The Bertz CT molecular complexity index is 1050. The van der Waals surface area contributed by atoms with Crippen molar-refractivity contribution in [1.29, 1.82) is 5.26 Å². The van der Waals surface area contributed by atoms with Crippen LogP contribution >= 0.6 is 11.8 Å². The molecule has 146 valence electrons. The second kappa shape index (κ2) is 9.52. The molecular formula is C20H19N7OS. The van der Waals surface area contributed by atoms with Gasteiger partial charge in [0.2, 0.25) is 17.8 Å². The Morgan fingerprint density at radius 1 is 1.14 bits per heavy atom. The molecule has 0 aliphatic heterocycles. The van der Waals surface area contributed by atoms with Gasteiger partial charge >= 0.3 is 0 Å². The number of hydrogen-bond donors (Lipinski definition) is 3. The molecule has 1 amide bonds. The van der Waals surface area contributed by atoms with Gasteiger partial charge in [-0.05, 0) is 37.3 Å². The van der Waals surface area contributed by atoms with Crippen LogP contribution in [0, 0.1) is 18.3 Å². The lowest BCUT2D eigenvalue weighted by Gasteiger charge is -2.08. The molecule has 0 bridgehead atoms. The van der Waals surface area contributed by atoms with E-state index >= 15 is 0 Å². The van der Waals surface area contributed by atoms with Gasteiger partial charge in [0.15, 0.2) is 0 Å². The number of carbonyl (C=O) groups excluding carboxylic acids is 1. The van der Waals surface area contributed by atoms with Crippen molar-refractivity contribution in [3.63, 3.8) is 0 Å². The molecule has 1 aromatic heterocycles.